The van der Waals surface area contributed by atoms with Gasteiger partial charge in [-0.1, -0.05) is 59.1 Å². The summed E-state index contributed by atoms with van der Waals surface area (Å²) in [4.78, 5) is 22.8. The van der Waals surface area contributed by atoms with E-state index >= 15 is 0 Å². The highest BCUT2D eigenvalue weighted by atomic mass is 35.6. The maximum absolute atomic E-state index is 12.5. The molecule has 0 aliphatic rings. The maximum atomic E-state index is 12.5. The first-order valence-electron chi connectivity index (χ1n) is 7.12. The number of aryl methyl sites for hydroxylation is 1. The van der Waals surface area contributed by atoms with Crippen molar-refractivity contribution in [2.75, 3.05) is 5.32 Å². The zero-order chi connectivity index (χ0) is 18.6. The average Bonchev–Trinajstić information content (AvgIpc) is 2.54. The number of anilines is 1. The number of amides is 1. The molecular formula is C16H14Cl3N3O3. The van der Waals surface area contributed by atoms with Gasteiger partial charge in [-0.25, -0.2) is 0 Å². The third kappa shape index (κ3) is 5.22. The van der Waals surface area contributed by atoms with E-state index in [4.69, 9.17) is 34.8 Å². The molecule has 0 aromatic heterocycles. The van der Waals surface area contributed by atoms with Crippen LogP contribution in [0.3, 0.4) is 0 Å². The molecule has 2 aromatic rings. The van der Waals surface area contributed by atoms with Crippen molar-refractivity contribution < 1.29 is 9.72 Å². The summed E-state index contributed by atoms with van der Waals surface area (Å²) in [5, 5.41) is 16.3. The number of non-ortho nitro benzene ring substituents is 1. The lowest BCUT2D eigenvalue weighted by molar-refractivity contribution is -0.384. The van der Waals surface area contributed by atoms with Gasteiger partial charge >= 0.3 is 0 Å². The molecule has 6 nitrogen and oxygen atoms in total. The van der Waals surface area contributed by atoms with E-state index in [2.05, 4.69) is 10.6 Å². The standard InChI is InChI=1S/C16H14Cl3N3O3/c1-10-5-2-3-8-13(10)14(23)21-15(16(17,18)19)20-11-6-4-7-12(9-11)22(24)25/h2-9,15,20H,1H3,(H,21,23)/t15-/m0/s1. The van der Waals surface area contributed by atoms with Crippen LogP contribution in [0, 0.1) is 17.0 Å². The largest absolute Gasteiger partial charge is 0.362 e. The van der Waals surface area contributed by atoms with Crippen LogP contribution in [0.4, 0.5) is 11.4 Å². The van der Waals surface area contributed by atoms with E-state index in [1.54, 1.807) is 37.3 Å². The van der Waals surface area contributed by atoms with Crippen LogP contribution in [-0.4, -0.2) is 20.8 Å². The van der Waals surface area contributed by atoms with Crippen molar-refractivity contribution in [2.45, 2.75) is 16.9 Å². The Kier molecular flexibility index (Phi) is 6.11. The van der Waals surface area contributed by atoms with Crippen LogP contribution in [0.5, 0.6) is 0 Å². The summed E-state index contributed by atoms with van der Waals surface area (Å²) in [6.07, 6.45) is -1.10. The van der Waals surface area contributed by atoms with Crippen LogP contribution in [0.1, 0.15) is 15.9 Å². The minimum Gasteiger partial charge on any atom is -0.362 e. The molecule has 0 saturated heterocycles. The molecule has 0 aliphatic heterocycles. The van der Waals surface area contributed by atoms with Crippen molar-refractivity contribution in [3.8, 4) is 0 Å². The number of carbonyl (C=O) groups excluding carboxylic acids is 1. The van der Waals surface area contributed by atoms with Crippen LogP contribution in [0.15, 0.2) is 48.5 Å². The average molecular weight is 403 g/mol. The first-order valence-corrected chi connectivity index (χ1v) is 8.26. The van der Waals surface area contributed by atoms with Gasteiger partial charge in [0, 0.05) is 23.4 Å². The summed E-state index contributed by atoms with van der Waals surface area (Å²) in [5.74, 6) is -0.438. The highest BCUT2D eigenvalue weighted by molar-refractivity contribution is 6.68. The Hall–Kier alpha value is -2.02. The molecule has 0 bridgehead atoms. The fourth-order valence-electron chi connectivity index (χ4n) is 2.11. The first-order chi connectivity index (χ1) is 11.7. The number of benzene rings is 2. The number of carbonyl (C=O) groups is 1. The number of alkyl halides is 3. The van der Waals surface area contributed by atoms with Gasteiger partial charge in [0.25, 0.3) is 11.6 Å². The zero-order valence-corrected chi connectivity index (χ0v) is 15.3. The van der Waals surface area contributed by atoms with Crippen LogP contribution in [0.25, 0.3) is 0 Å². The van der Waals surface area contributed by atoms with Gasteiger partial charge in [-0.2, -0.15) is 0 Å². The fourth-order valence-corrected chi connectivity index (χ4v) is 2.44. The maximum Gasteiger partial charge on any atom is 0.271 e. The van der Waals surface area contributed by atoms with Gasteiger partial charge in [0.15, 0.2) is 0 Å². The number of hydrogen-bond acceptors (Lipinski definition) is 4. The molecule has 132 valence electrons. The molecule has 1 atom stereocenters. The van der Waals surface area contributed by atoms with Gasteiger partial charge in [-0.15, -0.1) is 0 Å². The quantitative estimate of drug-likeness (QED) is 0.335. The molecule has 25 heavy (non-hydrogen) atoms. The molecule has 0 saturated carbocycles. The predicted octanol–water partition coefficient (Wildman–Crippen LogP) is 4.44. The van der Waals surface area contributed by atoms with Gasteiger partial charge in [0.1, 0.15) is 6.17 Å². The monoisotopic (exact) mass is 401 g/mol. The van der Waals surface area contributed by atoms with Crippen molar-refractivity contribution in [2.24, 2.45) is 0 Å². The van der Waals surface area contributed by atoms with E-state index in [1.165, 1.54) is 18.2 Å². The lowest BCUT2D eigenvalue weighted by atomic mass is 10.1. The Morgan fingerprint density at radius 3 is 2.44 bits per heavy atom. The molecule has 2 N–H and O–H groups in total. The first kappa shape index (κ1) is 19.3. The highest BCUT2D eigenvalue weighted by Crippen LogP contribution is 2.32. The summed E-state index contributed by atoms with van der Waals surface area (Å²) in [7, 11) is 0. The number of rotatable bonds is 5. The molecule has 2 rings (SSSR count). The summed E-state index contributed by atoms with van der Waals surface area (Å²) < 4.78 is -1.89. The molecule has 0 unspecified atom stereocenters. The third-order valence-corrected chi connectivity index (χ3v) is 4.02. The number of nitrogens with zero attached hydrogens (tertiary/aromatic N) is 1. The van der Waals surface area contributed by atoms with E-state index in [-0.39, 0.29) is 5.69 Å². The van der Waals surface area contributed by atoms with E-state index in [9.17, 15) is 14.9 Å². The van der Waals surface area contributed by atoms with E-state index in [1.807, 2.05) is 0 Å². The molecule has 0 spiro atoms. The van der Waals surface area contributed by atoms with Crippen molar-refractivity contribution in [1.29, 1.82) is 0 Å². The molecule has 0 radical (unpaired) electrons. The van der Waals surface area contributed by atoms with Gasteiger partial charge in [-0.05, 0) is 24.6 Å². The summed E-state index contributed by atoms with van der Waals surface area (Å²) >= 11 is 17.8. The SMILES string of the molecule is Cc1ccccc1C(=O)N[C@H](Nc1cccc([N+](=O)[O-])c1)C(Cl)(Cl)Cl. The second-order valence-corrected chi connectivity index (χ2v) is 7.58. The summed E-state index contributed by atoms with van der Waals surface area (Å²) in [6, 6.07) is 12.6. The van der Waals surface area contributed by atoms with Crippen LogP contribution < -0.4 is 10.6 Å². The number of nitro benzene ring substituents is 1. The van der Waals surface area contributed by atoms with E-state index in [0.29, 0.717) is 11.3 Å². The minimum absolute atomic E-state index is 0.127. The number of nitrogens with one attached hydrogen (secondary N) is 2. The molecule has 0 fully saturated rings. The van der Waals surface area contributed by atoms with Gasteiger partial charge < -0.3 is 10.6 Å². The lowest BCUT2D eigenvalue weighted by Gasteiger charge is -2.27. The Balaban J connectivity index is 2.23. The highest BCUT2D eigenvalue weighted by Gasteiger charge is 2.34. The van der Waals surface area contributed by atoms with E-state index < -0.39 is 20.8 Å². The second-order valence-electron chi connectivity index (χ2n) is 5.21. The van der Waals surface area contributed by atoms with Crippen LogP contribution in [-0.2, 0) is 0 Å². The molecular weight excluding hydrogens is 389 g/mol. The summed E-state index contributed by atoms with van der Waals surface area (Å²) in [6.45, 7) is 1.78. The molecule has 2 aromatic carbocycles. The Bertz CT molecular complexity index is 793. The molecule has 9 heteroatoms. The van der Waals surface area contributed by atoms with Crippen molar-refractivity contribution >= 4 is 52.1 Å². The Morgan fingerprint density at radius 2 is 1.84 bits per heavy atom. The third-order valence-electron chi connectivity index (χ3n) is 3.36. The molecule has 0 aliphatic carbocycles. The van der Waals surface area contributed by atoms with Crippen molar-refractivity contribution in [3.05, 3.63) is 69.8 Å². The second kappa shape index (κ2) is 7.91. The topological polar surface area (TPSA) is 84.3 Å². The van der Waals surface area contributed by atoms with Gasteiger partial charge in [0.05, 0.1) is 4.92 Å². The van der Waals surface area contributed by atoms with Crippen LogP contribution in [0.2, 0.25) is 0 Å². The Labute approximate surface area is 159 Å². The van der Waals surface area contributed by atoms with E-state index in [0.717, 1.165) is 5.56 Å². The Morgan fingerprint density at radius 1 is 1.16 bits per heavy atom. The number of hydrogen-bond donors (Lipinski definition) is 2. The number of halogens is 3. The van der Waals surface area contributed by atoms with Crippen molar-refractivity contribution in [1.82, 2.24) is 5.32 Å². The normalized spacial score (nSPS) is 12.3. The van der Waals surface area contributed by atoms with Crippen LogP contribution >= 0.6 is 34.8 Å². The fraction of sp³-hybridized carbons (Fsp3) is 0.188. The number of nitro groups is 1. The summed E-state index contributed by atoms with van der Waals surface area (Å²) in [5.41, 5.74) is 1.40. The smallest absolute Gasteiger partial charge is 0.271 e. The minimum atomic E-state index is -1.89. The van der Waals surface area contributed by atoms with Crippen molar-refractivity contribution in [3.63, 3.8) is 0 Å². The van der Waals surface area contributed by atoms with Gasteiger partial charge in [-0.3, -0.25) is 14.9 Å². The lowest BCUT2D eigenvalue weighted by Crippen LogP contribution is -2.49. The van der Waals surface area contributed by atoms with Gasteiger partial charge in [0.2, 0.25) is 3.79 Å². The zero-order valence-electron chi connectivity index (χ0n) is 13.0. The molecule has 1 amide bonds. The molecule has 0 heterocycles. The predicted molar refractivity (Wildman–Crippen MR) is 99.4 cm³/mol.